The Labute approximate surface area is 141 Å². The highest BCUT2D eigenvalue weighted by Crippen LogP contribution is 2.30. The first-order valence-corrected chi connectivity index (χ1v) is 8.59. The number of benzene rings is 2. The molecule has 0 aliphatic carbocycles. The lowest BCUT2D eigenvalue weighted by atomic mass is 10.1. The molecule has 0 radical (unpaired) electrons. The van der Waals surface area contributed by atoms with Crippen LogP contribution >= 0.6 is 0 Å². The fraction of sp³-hybridized carbons (Fsp3) is 0.235. The summed E-state index contributed by atoms with van der Waals surface area (Å²) in [5, 5.41) is 9.12. The minimum Gasteiger partial charge on any atom is -0.495 e. The van der Waals surface area contributed by atoms with E-state index < -0.39 is 16.0 Å². The Kier molecular flexibility index (Phi) is 4.84. The summed E-state index contributed by atoms with van der Waals surface area (Å²) in [6.07, 6.45) is 0. The smallest absolute Gasteiger partial charge is 0.335 e. The highest BCUT2D eigenvalue weighted by Gasteiger charge is 2.27. The van der Waals surface area contributed by atoms with Gasteiger partial charge in [0.25, 0.3) is 10.0 Å². The molecule has 0 unspecified atom stereocenters. The number of hydrogen-bond acceptors (Lipinski definition) is 4. The van der Waals surface area contributed by atoms with Crippen LogP contribution in [0.5, 0.6) is 5.75 Å². The fourth-order valence-corrected chi connectivity index (χ4v) is 3.79. The number of methoxy groups -OCH3 is 1. The van der Waals surface area contributed by atoms with E-state index in [-0.39, 0.29) is 16.2 Å². The average Bonchev–Trinajstić information content (AvgIpc) is 2.52. The second-order valence-corrected chi connectivity index (χ2v) is 7.43. The van der Waals surface area contributed by atoms with E-state index >= 15 is 0 Å². The zero-order valence-corrected chi connectivity index (χ0v) is 14.7. The van der Waals surface area contributed by atoms with Crippen molar-refractivity contribution in [2.24, 2.45) is 0 Å². The van der Waals surface area contributed by atoms with Crippen LogP contribution < -0.4 is 9.04 Å². The van der Waals surface area contributed by atoms with E-state index in [0.717, 1.165) is 21.5 Å². The molecule has 0 saturated carbocycles. The van der Waals surface area contributed by atoms with Gasteiger partial charge in [-0.25, -0.2) is 13.2 Å². The molecule has 2 aromatic rings. The van der Waals surface area contributed by atoms with Crippen LogP contribution in [-0.4, -0.2) is 33.7 Å². The summed E-state index contributed by atoms with van der Waals surface area (Å²) >= 11 is 0. The second kappa shape index (κ2) is 6.52. The number of aryl methyl sites for hydroxylation is 2. The molecule has 0 aromatic heterocycles. The van der Waals surface area contributed by atoms with Crippen molar-refractivity contribution in [3.05, 3.63) is 53.1 Å². The maximum Gasteiger partial charge on any atom is 0.335 e. The van der Waals surface area contributed by atoms with E-state index in [4.69, 9.17) is 9.84 Å². The molecule has 0 amide bonds. The summed E-state index contributed by atoms with van der Waals surface area (Å²) in [6.45, 7) is 3.76. The van der Waals surface area contributed by atoms with E-state index in [0.29, 0.717) is 5.69 Å². The van der Waals surface area contributed by atoms with Crippen LogP contribution in [0.1, 0.15) is 21.5 Å². The van der Waals surface area contributed by atoms with Gasteiger partial charge >= 0.3 is 5.97 Å². The average molecular weight is 349 g/mol. The molecule has 0 aliphatic rings. The quantitative estimate of drug-likeness (QED) is 0.897. The third kappa shape index (κ3) is 3.35. The molecule has 2 aromatic carbocycles. The summed E-state index contributed by atoms with van der Waals surface area (Å²) in [6, 6.07) is 9.18. The molecule has 0 fully saturated rings. The van der Waals surface area contributed by atoms with Gasteiger partial charge < -0.3 is 9.84 Å². The molecule has 0 aliphatic heterocycles. The first-order valence-electron chi connectivity index (χ1n) is 7.15. The van der Waals surface area contributed by atoms with Crippen LogP contribution in [0.4, 0.5) is 5.69 Å². The maximum absolute atomic E-state index is 13.0. The summed E-state index contributed by atoms with van der Waals surface area (Å²) in [4.78, 5) is 11.0. The van der Waals surface area contributed by atoms with Crippen molar-refractivity contribution in [1.82, 2.24) is 0 Å². The van der Waals surface area contributed by atoms with Crippen molar-refractivity contribution in [3.63, 3.8) is 0 Å². The monoisotopic (exact) mass is 349 g/mol. The Bertz CT molecular complexity index is 870. The minimum atomic E-state index is -3.98. The first-order chi connectivity index (χ1) is 11.2. The second-order valence-electron chi connectivity index (χ2n) is 5.49. The lowest BCUT2D eigenvalue weighted by Gasteiger charge is -2.22. The standard InChI is InChI=1S/C17H19NO5S/c1-11-7-12(2)9-14(8-11)18(3)24(21,22)16-10-13(17(19)20)5-6-15(16)23-4/h5-10H,1-4H3,(H,19,20). The van der Waals surface area contributed by atoms with Crippen molar-refractivity contribution >= 4 is 21.7 Å². The molecule has 0 bridgehead atoms. The lowest BCUT2D eigenvalue weighted by Crippen LogP contribution is -2.27. The Morgan fingerprint density at radius 1 is 1.08 bits per heavy atom. The summed E-state index contributed by atoms with van der Waals surface area (Å²) in [7, 11) is -1.21. The van der Waals surface area contributed by atoms with Crippen LogP contribution in [-0.2, 0) is 10.0 Å². The van der Waals surface area contributed by atoms with E-state index in [1.165, 1.54) is 26.3 Å². The predicted molar refractivity (Wildman–Crippen MR) is 91.5 cm³/mol. The Morgan fingerprint density at radius 3 is 2.17 bits per heavy atom. The van der Waals surface area contributed by atoms with Crippen LogP contribution in [0.3, 0.4) is 0 Å². The van der Waals surface area contributed by atoms with E-state index in [1.54, 1.807) is 12.1 Å². The van der Waals surface area contributed by atoms with E-state index in [2.05, 4.69) is 0 Å². The number of rotatable bonds is 5. The number of aromatic carboxylic acids is 1. The van der Waals surface area contributed by atoms with Gasteiger partial charge in [-0.1, -0.05) is 6.07 Å². The molecule has 1 N–H and O–H groups in total. The third-order valence-corrected chi connectivity index (χ3v) is 5.43. The molecule has 0 spiro atoms. The zero-order valence-electron chi connectivity index (χ0n) is 13.9. The van der Waals surface area contributed by atoms with Gasteiger partial charge in [0.2, 0.25) is 0 Å². The summed E-state index contributed by atoms with van der Waals surface area (Å²) < 4.78 is 32.1. The fourth-order valence-electron chi connectivity index (χ4n) is 2.43. The van der Waals surface area contributed by atoms with Crippen molar-refractivity contribution in [2.45, 2.75) is 18.7 Å². The SMILES string of the molecule is COc1ccc(C(=O)O)cc1S(=O)(=O)N(C)c1cc(C)cc(C)c1. The van der Waals surface area contributed by atoms with Gasteiger partial charge in [0.15, 0.2) is 0 Å². The number of hydrogen-bond donors (Lipinski definition) is 1. The number of carbonyl (C=O) groups is 1. The first kappa shape index (κ1) is 17.8. The third-order valence-electron chi connectivity index (χ3n) is 3.62. The van der Waals surface area contributed by atoms with Gasteiger partial charge in [-0.05, 0) is 55.3 Å². The molecule has 128 valence electrons. The minimum absolute atomic E-state index is 0.0937. The molecule has 6 nitrogen and oxygen atoms in total. The number of anilines is 1. The van der Waals surface area contributed by atoms with Gasteiger partial charge in [-0.3, -0.25) is 4.31 Å². The Morgan fingerprint density at radius 2 is 1.67 bits per heavy atom. The van der Waals surface area contributed by atoms with Gasteiger partial charge in [-0.15, -0.1) is 0 Å². The predicted octanol–water partition coefficient (Wildman–Crippen LogP) is 2.84. The van der Waals surface area contributed by atoms with Crippen LogP contribution in [0, 0.1) is 13.8 Å². The van der Waals surface area contributed by atoms with E-state index in [1.807, 2.05) is 19.9 Å². The van der Waals surface area contributed by atoms with E-state index in [9.17, 15) is 13.2 Å². The number of carboxylic acid groups (broad SMARTS) is 1. The van der Waals surface area contributed by atoms with Gasteiger partial charge in [0.1, 0.15) is 10.6 Å². The van der Waals surface area contributed by atoms with Crippen LogP contribution in [0.25, 0.3) is 0 Å². The molecule has 7 heteroatoms. The molecule has 24 heavy (non-hydrogen) atoms. The van der Waals surface area contributed by atoms with Crippen LogP contribution in [0.15, 0.2) is 41.3 Å². The van der Waals surface area contributed by atoms with Crippen molar-refractivity contribution in [3.8, 4) is 5.75 Å². The van der Waals surface area contributed by atoms with Crippen LogP contribution in [0.2, 0.25) is 0 Å². The maximum atomic E-state index is 13.0. The molecular formula is C17H19NO5S. The Hall–Kier alpha value is -2.54. The van der Waals surface area contributed by atoms with Crippen molar-refractivity contribution < 1.29 is 23.1 Å². The highest BCUT2D eigenvalue weighted by molar-refractivity contribution is 7.92. The zero-order chi connectivity index (χ0) is 18.1. The summed E-state index contributed by atoms with van der Waals surface area (Å²) in [5.74, 6) is -1.11. The van der Waals surface area contributed by atoms with Gasteiger partial charge in [0.05, 0.1) is 18.4 Å². The van der Waals surface area contributed by atoms with Gasteiger partial charge in [-0.2, -0.15) is 0 Å². The van der Waals surface area contributed by atoms with Crippen molar-refractivity contribution in [2.75, 3.05) is 18.5 Å². The molecule has 0 heterocycles. The topological polar surface area (TPSA) is 83.9 Å². The molecular weight excluding hydrogens is 330 g/mol. The summed E-state index contributed by atoms with van der Waals surface area (Å²) in [5.41, 5.74) is 2.23. The normalized spacial score (nSPS) is 11.2. The molecule has 0 atom stereocenters. The number of ether oxygens (including phenoxy) is 1. The Balaban J connectivity index is 2.60. The number of carboxylic acids is 1. The molecule has 0 saturated heterocycles. The number of nitrogens with zero attached hydrogens (tertiary/aromatic N) is 1. The number of sulfonamides is 1. The molecule has 2 rings (SSSR count). The van der Waals surface area contributed by atoms with Gasteiger partial charge in [0, 0.05) is 7.05 Å². The largest absolute Gasteiger partial charge is 0.495 e. The lowest BCUT2D eigenvalue weighted by molar-refractivity contribution is 0.0696. The highest BCUT2D eigenvalue weighted by atomic mass is 32.2. The van der Waals surface area contributed by atoms with Crippen molar-refractivity contribution in [1.29, 1.82) is 0 Å².